The highest BCUT2D eigenvalue weighted by Crippen LogP contribution is 2.16. The Hall–Kier alpha value is -2.41. The molecule has 0 bridgehead atoms. The number of hydrogen-bond donors (Lipinski definition) is 1. The Kier molecular flexibility index (Phi) is 5.91. The first-order valence-electron chi connectivity index (χ1n) is 6.74. The van der Waals surface area contributed by atoms with Crippen LogP contribution in [-0.4, -0.2) is 30.9 Å². The van der Waals surface area contributed by atoms with E-state index in [2.05, 4.69) is 15.5 Å². The second kappa shape index (κ2) is 8.14. The average Bonchev–Trinajstić information content (AvgIpc) is 2.95. The Morgan fingerprint density at radius 3 is 2.86 bits per heavy atom. The second-order valence-corrected chi connectivity index (χ2v) is 5.13. The molecular weight excluding hydrogens is 302 g/mol. The Labute approximate surface area is 132 Å². The molecule has 2 rings (SSSR count). The third-order valence-electron chi connectivity index (χ3n) is 2.67. The summed E-state index contributed by atoms with van der Waals surface area (Å²) in [6, 6.07) is 7.53. The van der Waals surface area contributed by atoms with Crippen molar-refractivity contribution < 1.29 is 14.3 Å². The van der Waals surface area contributed by atoms with Crippen molar-refractivity contribution in [1.29, 1.82) is 0 Å². The number of hydrogen-bond acceptors (Lipinski definition) is 7. The molecule has 0 fully saturated rings. The molecule has 0 spiro atoms. The summed E-state index contributed by atoms with van der Waals surface area (Å²) in [6.45, 7) is 2.15. The minimum atomic E-state index is -0.277. The van der Waals surface area contributed by atoms with Crippen LogP contribution in [0.4, 0.5) is 5.13 Å². The lowest BCUT2D eigenvalue weighted by Gasteiger charge is -1.99. The Morgan fingerprint density at radius 2 is 2.18 bits per heavy atom. The number of methoxy groups -OCH3 is 1. The number of benzene rings is 1. The number of rotatable bonds is 7. The van der Waals surface area contributed by atoms with Crippen molar-refractivity contribution in [2.75, 3.05) is 19.1 Å². The summed E-state index contributed by atoms with van der Waals surface area (Å²) in [6.07, 6.45) is 1.86. The van der Waals surface area contributed by atoms with Crippen LogP contribution in [0.25, 0.3) is 0 Å². The van der Waals surface area contributed by atoms with Gasteiger partial charge < -0.3 is 9.47 Å². The molecule has 0 radical (unpaired) electrons. The summed E-state index contributed by atoms with van der Waals surface area (Å²) in [4.78, 5) is 15.6. The van der Waals surface area contributed by atoms with Crippen LogP contribution in [0.2, 0.25) is 0 Å². The van der Waals surface area contributed by atoms with Gasteiger partial charge in [0.15, 0.2) is 0 Å². The maximum absolute atomic E-state index is 11.4. The maximum Gasteiger partial charge on any atom is 0.311 e. The molecule has 0 aliphatic carbocycles. The van der Waals surface area contributed by atoms with Gasteiger partial charge in [-0.05, 0) is 36.8 Å². The van der Waals surface area contributed by atoms with Gasteiger partial charge in [-0.2, -0.15) is 5.10 Å². The van der Waals surface area contributed by atoms with E-state index in [1.54, 1.807) is 20.2 Å². The number of carbonyl (C=O) groups is 1. The first-order valence-corrected chi connectivity index (χ1v) is 7.62. The Morgan fingerprint density at radius 1 is 1.41 bits per heavy atom. The van der Waals surface area contributed by atoms with E-state index in [9.17, 15) is 4.79 Å². The predicted octanol–water partition coefficient (Wildman–Crippen LogP) is 2.70. The first-order chi connectivity index (χ1) is 10.7. The standard InChI is InChI=1S/C15H17N3O3S/c1-3-21-14(19)8-12-10-22-15(17-12)18-16-9-11-4-6-13(20-2)7-5-11/h4-7,9-10H,3,8H2,1-2H3,(H,17,18)/b16-9+. The van der Waals surface area contributed by atoms with Crippen molar-refractivity contribution in [2.45, 2.75) is 13.3 Å². The summed E-state index contributed by atoms with van der Waals surface area (Å²) in [5, 5.41) is 6.55. The van der Waals surface area contributed by atoms with E-state index in [1.165, 1.54) is 11.3 Å². The fourth-order valence-corrected chi connectivity index (χ4v) is 2.31. The van der Waals surface area contributed by atoms with Crippen LogP contribution in [-0.2, 0) is 16.0 Å². The van der Waals surface area contributed by atoms with E-state index >= 15 is 0 Å². The average molecular weight is 319 g/mol. The van der Waals surface area contributed by atoms with Gasteiger partial charge in [-0.25, -0.2) is 4.98 Å². The highest BCUT2D eigenvalue weighted by molar-refractivity contribution is 7.13. The van der Waals surface area contributed by atoms with Gasteiger partial charge in [-0.15, -0.1) is 11.3 Å². The van der Waals surface area contributed by atoms with Crippen LogP contribution in [0.5, 0.6) is 5.75 Å². The van der Waals surface area contributed by atoms with E-state index in [1.807, 2.05) is 29.6 Å². The predicted molar refractivity (Wildman–Crippen MR) is 86.7 cm³/mol. The van der Waals surface area contributed by atoms with Crippen LogP contribution in [0.15, 0.2) is 34.7 Å². The molecule has 0 aliphatic rings. The van der Waals surface area contributed by atoms with Gasteiger partial charge in [0.1, 0.15) is 5.75 Å². The van der Waals surface area contributed by atoms with E-state index in [-0.39, 0.29) is 12.4 Å². The van der Waals surface area contributed by atoms with Crippen LogP contribution >= 0.6 is 11.3 Å². The van der Waals surface area contributed by atoms with Crippen LogP contribution < -0.4 is 10.2 Å². The number of aromatic nitrogens is 1. The molecule has 1 N–H and O–H groups in total. The molecule has 0 amide bonds. The molecule has 6 nitrogen and oxygen atoms in total. The van der Waals surface area contributed by atoms with Gasteiger partial charge in [0.25, 0.3) is 0 Å². The summed E-state index contributed by atoms with van der Waals surface area (Å²) < 4.78 is 9.97. The van der Waals surface area contributed by atoms with Crippen molar-refractivity contribution in [2.24, 2.45) is 5.10 Å². The van der Waals surface area contributed by atoms with Crippen molar-refractivity contribution >= 4 is 28.7 Å². The molecule has 1 aromatic carbocycles. The lowest BCUT2D eigenvalue weighted by Crippen LogP contribution is -2.07. The SMILES string of the molecule is CCOC(=O)Cc1csc(N/N=C/c2ccc(OC)cc2)n1. The third kappa shape index (κ3) is 4.85. The minimum Gasteiger partial charge on any atom is -0.497 e. The molecule has 7 heteroatoms. The van der Waals surface area contributed by atoms with Crippen molar-refractivity contribution in [3.63, 3.8) is 0 Å². The third-order valence-corrected chi connectivity index (χ3v) is 3.47. The number of carbonyl (C=O) groups excluding carboxylic acids is 1. The second-order valence-electron chi connectivity index (χ2n) is 4.27. The molecule has 1 aromatic heterocycles. The summed E-state index contributed by atoms with van der Waals surface area (Å²) in [7, 11) is 1.63. The van der Waals surface area contributed by atoms with Gasteiger partial charge in [0.05, 0.1) is 32.0 Å². The zero-order valence-electron chi connectivity index (χ0n) is 12.4. The van der Waals surface area contributed by atoms with Crippen LogP contribution in [0.1, 0.15) is 18.2 Å². The number of thiazole rings is 1. The number of esters is 1. The molecule has 116 valence electrons. The van der Waals surface area contributed by atoms with E-state index in [0.717, 1.165) is 11.3 Å². The first kappa shape index (κ1) is 16.0. The van der Waals surface area contributed by atoms with Crippen molar-refractivity contribution in [3.8, 4) is 5.75 Å². The summed E-state index contributed by atoms with van der Waals surface area (Å²) >= 11 is 1.39. The fourth-order valence-electron chi connectivity index (χ4n) is 1.65. The smallest absolute Gasteiger partial charge is 0.311 e. The van der Waals surface area contributed by atoms with Gasteiger partial charge >= 0.3 is 5.97 Å². The lowest BCUT2D eigenvalue weighted by molar-refractivity contribution is -0.142. The molecule has 0 saturated heterocycles. The van der Waals surface area contributed by atoms with Gasteiger partial charge in [-0.1, -0.05) is 0 Å². The Bertz CT molecular complexity index is 638. The van der Waals surface area contributed by atoms with Gasteiger partial charge in [0, 0.05) is 5.38 Å². The topological polar surface area (TPSA) is 72.8 Å². The van der Waals surface area contributed by atoms with Gasteiger partial charge in [-0.3, -0.25) is 10.2 Å². The zero-order valence-corrected chi connectivity index (χ0v) is 13.2. The number of nitrogens with one attached hydrogen (secondary N) is 1. The van der Waals surface area contributed by atoms with Crippen LogP contribution in [0, 0.1) is 0 Å². The monoisotopic (exact) mass is 319 g/mol. The molecule has 2 aromatic rings. The number of anilines is 1. The van der Waals surface area contributed by atoms with Gasteiger partial charge in [0.2, 0.25) is 5.13 Å². The molecule has 0 atom stereocenters. The number of hydrazone groups is 1. The summed E-state index contributed by atoms with van der Waals surface area (Å²) in [5.74, 6) is 0.523. The highest BCUT2D eigenvalue weighted by Gasteiger charge is 2.07. The molecule has 0 unspecified atom stereocenters. The molecule has 22 heavy (non-hydrogen) atoms. The number of ether oxygens (including phenoxy) is 2. The minimum absolute atomic E-state index is 0.175. The largest absolute Gasteiger partial charge is 0.497 e. The lowest BCUT2D eigenvalue weighted by atomic mass is 10.2. The fraction of sp³-hybridized carbons (Fsp3) is 0.267. The zero-order chi connectivity index (χ0) is 15.8. The quantitative estimate of drug-likeness (QED) is 0.482. The van der Waals surface area contributed by atoms with Crippen LogP contribution in [0.3, 0.4) is 0 Å². The molecule has 0 aliphatic heterocycles. The molecular formula is C15H17N3O3S. The van der Waals surface area contributed by atoms with E-state index in [4.69, 9.17) is 9.47 Å². The van der Waals surface area contributed by atoms with Crippen molar-refractivity contribution in [3.05, 3.63) is 40.9 Å². The summed E-state index contributed by atoms with van der Waals surface area (Å²) in [5.41, 5.74) is 4.45. The molecule has 1 heterocycles. The normalized spacial score (nSPS) is 10.6. The van der Waals surface area contributed by atoms with Crippen molar-refractivity contribution in [1.82, 2.24) is 4.98 Å². The Balaban J connectivity index is 1.87. The molecule has 0 saturated carbocycles. The maximum atomic E-state index is 11.4. The van der Waals surface area contributed by atoms with E-state index < -0.39 is 0 Å². The van der Waals surface area contributed by atoms with E-state index in [0.29, 0.717) is 17.4 Å². The highest BCUT2D eigenvalue weighted by atomic mass is 32.1. The number of nitrogens with zero attached hydrogens (tertiary/aromatic N) is 2.